The highest BCUT2D eigenvalue weighted by Crippen LogP contribution is 2.41. The fourth-order valence-electron chi connectivity index (χ4n) is 3.91. The molecule has 8 heteroatoms. The highest BCUT2D eigenvalue weighted by Gasteiger charge is 2.52. The van der Waals surface area contributed by atoms with E-state index < -0.39 is 20.5 Å². The molecular formula is C23H27ClN2O4S. The highest BCUT2D eigenvalue weighted by molar-refractivity contribution is 7.93. The summed E-state index contributed by atoms with van der Waals surface area (Å²) in [6, 6.07) is 12.9. The Labute approximate surface area is 188 Å². The van der Waals surface area contributed by atoms with Crippen LogP contribution in [0.2, 0.25) is 5.02 Å². The van der Waals surface area contributed by atoms with Gasteiger partial charge in [-0.05, 0) is 68.7 Å². The molecule has 3 rings (SSSR count). The zero-order valence-electron chi connectivity index (χ0n) is 17.7. The van der Waals surface area contributed by atoms with Gasteiger partial charge in [-0.2, -0.15) is 0 Å². The largest absolute Gasteiger partial charge is 0.354 e. The van der Waals surface area contributed by atoms with Crippen molar-refractivity contribution in [1.82, 2.24) is 5.32 Å². The van der Waals surface area contributed by atoms with Gasteiger partial charge in [0.25, 0.3) is 0 Å². The van der Waals surface area contributed by atoms with Crippen LogP contribution in [0.3, 0.4) is 0 Å². The van der Waals surface area contributed by atoms with Crippen molar-refractivity contribution in [3.8, 4) is 0 Å². The third kappa shape index (κ3) is 5.10. The first-order valence-electron chi connectivity index (χ1n) is 10.3. The van der Waals surface area contributed by atoms with Crippen molar-refractivity contribution < 1.29 is 18.0 Å². The lowest BCUT2D eigenvalue weighted by molar-refractivity contribution is -0.121. The molecule has 2 aromatic carbocycles. The molecule has 0 spiro atoms. The number of benzene rings is 2. The average molecular weight is 463 g/mol. The van der Waals surface area contributed by atoms with E-state index in [0.717, 1.165) is 5.56 Å². The molecule has 0 radical (unpaired) electrons. The summed E-state index contributed by atoms with van der Waals surface area (Å²) in [5, 5.41) is 6.05. The normalized spacial score (nSPS) is 15.6. The predicted octanol–water partition coefficient (Wildman–Crippen LogP) is 4.13. The molecule has 2 amide bonds. The maximum Gasteiger partial charge on any atom is 0.246 e. The van der Waals surface area contributed by atoms with Crippen LogP contribution in [0.15, 0.2) is 53.4 Å². The fraction of sp³-hybridized carbons (Fsp3) is 0.391. The number of hydrogen-bond donors (Lipinski definition) is 2. The SMILES string of the molecule is CC(C)NC(=O)Cc1ccc(NC(=O)C2(S(=O)(=O)c3ccc(Cl)cc3)CCCC2)cc1. The Balaban J connectivity index is 1.78. The minimum Gasteiger partial charge on any atom is -0.354 e. The standard InChI is InChI=1S/C23H27ClN2O4S/c1-16(2)25-21(27)15-17-5-9-19(10-6-17)26-22(28)23(13-3-4-14-23)31(29,30)20-11-7-18(24)8-12-20/h5-12,16H,3-4,13-15H2,1-2H3,(H,25,27)(H,26,28). The lowest BCUT2D eigenvalue weighted by Gasteiger charge is -2.27. The van der Waals surface area contributed by atoms with E-state index in [1.807, 2.05) is 13.8 Å². The molecule has 166 valence electrons. The summed E-state index contributed by atoms with van der Waals surface area (Å²) >= 11 is 5.90. The predicted molar refractivity (Wildman–Crippen MR) is 122 cm³/mol. The monoisotopic (exact) mass is 462 g/mol. The average Bonchev–Trinajstić information content (AvgIpc) is 3.21. The second kappa shape index (κ2) is 9.40. The Kier molecular flexibility index (Phi) is 7.06. The van der Waals surface area contributed by atoms with Gasteiger partial charge in [0.2, 0.25) is 11.8 Å². The van der Waals surface area contributed by atoms with E-state index in [1.54, 1.807) is 24.3 Å². The van der Waals surface area contributed by atoms with Crippen LogP contribution in [-0.4, -0.2) is 31.0 Å². The van der Waals surface area contributed by atoms with Gasteiger partial charge in [-0.15, -0.1) is 0 Å². The van der Waals surface area contributed by atoms with E-state index in [-0.39, 0.29) is 36.1 Å². The smallest absolute Gasteiger partial charge is 0.246 e. The van der Waals surface area contributed by atoms with E-state index in [4.69, 9.17) is 11.6 Å². The van der Waals surface area contributed by atoms with Gasteiger partial charge in [0.15, 0.2) is 14.6 Å². The number of anilines is 1. The summed E-state index contributed by atoms with van der Waals surface area (Å²) in [6.07, 6.45) is 2.13. The summed E-state index contributed by atoms with van der Waals surface area (Å²) in [5.74, 6) is -0.601. The molecule has 0 atom stereocenters. The molecule has 1 saturated carbocycles. The van der Waals surface area contributed by atoms with Crippen molar-refractivity contribution >= 4 is 38.9 Å². The van der Waals surface area contributed by atoms with Gasteiger partial charge in [0.05, 0.1) is 11.3 Å². The van der Waals surface area contributed by atoms with Crippen molar-refractivity contribution in [3.63, 3.8) is 0 Å². The molecule has 2 N–H and O–H groups in total. The lowest BCUT2D eigenvalue weighted by atomic mass is 10.1. The molecule has 6 nitrogen and oxygen atoms in total. The number of carbonyl (C=O) groups excluding carboxylic acids is 2. The Morgan fingerprint density at radius 3 is 2.13 bits per heavy atom. The maximum atomic E-state index is 13.4. The molecule has 31 heavy (non-hydrogen) atoms. The number of nitrogens with one attached hydrogen (secondary N) is 2. The van der Waals surface area contributed by atoms with Gasteiger partial charge in [-0.25, -0.2) is 8.42 Å². The van der Waals surface area contributed by atoms with Gasteiger partial charge < -0.3 is 10.6 Å². The number of halogens is 1. The van der Waals surface area contributed by atoms with Gasteiger partial charge in [-0.3, -0.25) is 9.59 Å². The number of sulfone groups is 1. The van der Waals surface area contributed by atoms with Gasteiger partial charge in [0.1, 0.15) is 0 Å². The van der Waals surface area contributed by atoms with Crippen LogP contribution in [0.4, 0.5) is 5.69 Å². The van der Waals surface area contributed by atoms with Crippen LogP contribution in [0.1, 0.15) is 45.1 Å². The first kappa shape index (κ1) is 23.3. The molecule has 0 saturated heterocycles. The Morgan fingerprint density at radius 2 is 1.58 bits per heavy atom. The summed E-state index contributed by atoms with van der Waals surface area (Å²) < 4.78 is 25.3. The number of carbonyl (C=O) groups is 2. The second-order valence-corrected chi connectivity index (χ2v) is 10.9. The molecule has 0 heterocycles. The van der Waals surface area contributed by atoms with Crippen LogP contribution in [0.25, 0.3) is 0 Å². The van der Waals surface area contributed by atoms with Gasteiger partial charge in [-0.1, -0.05) is 36.6 Å². The van der Waals surface area contributed by atoms with E-state index in [0.29, 0.717) is 23.6 Å². The Bertz CT molecular complexity index is 1040. The zero-order valence-corrected chi connectivity index (χ0v) is 19.2. The molecule has 1 aliphatic carbocycles. The van der Waals surface area contributed by atoms with E-state index in [9.17, 15) is 18.0 Å². The van der Waals surface area contributed by atoms with Crippen molar-refractivity contribution in [3.05, 3.63) is 59.1 Å². The lowest BCUT2D eigenvalue weighted by Crippen LogP contribution is -2.47. The van der Waals surface area contributed by atoms with Crippen LogP contribution < -0.4 is 10.6 Å². The third-order valence-corrected chi connectivity index (χ3v) is 8.26. The molecule has 0 bridgehead atoms. The molecule has 2 aromatic rings. The summed E-state index contributed by atoms with van der Waals surface area (Å²) in [6.45, 7) is 3.79. The van der Waals surface area contributed by atoms with Crippen LogP contribution in [0, 0.1) is 0 Å². The maximum absolute atomic E-state index is 13.4. The van der Waals surface area contributed by atoms with Crippen molar-refractivity contribution in [1.29, 1.82) is 0 Å². The zero-order chi connectivity index (χ0) is 22.6. The molecule has 0 unspecified atom stereocenters. The number of rotatable bonds is 7. The van der Waals surface area contributed by atoms with Crippen molar-refractivity contribution in [2.24, 2.45) is 0 Å². The Morgan fingerprint density at radius 1 is 1.00 bits per heavy atom. The van der Waals surface area contributed by atoms with Gasteiger partial charge in [0, 0.05) is 16.8 Å². The first-order chi connectivity index (χ1) is 14.6. The van der Waals surface area contributed by atoms with Gasteiger partial charge >= 0.3 is 0 Å². The Hall–Kier alpha value is -2.38. The fourth-order valence-corrected chi connectivity index (χ4v) is 6.11. The number of amides is 2. The third-order valence-electron chi connectivity index (χ3n) is 5.49. The van der Waals surface area contributed by atoms with Crippen molar-refractivity contribution in [2.45, 2.75) is 61.6 Å². The topological polar surface area (TPSA) is 92.3 Å². The molecule has 1 aliphatic rings. The first-order valence-corrected chi connectivity index (χ1v) is 12.2. The quantitative estimate of drug-likeness (QED) is 0.647. The minimum absolute atomic E-state index is 0.0660. The van der Waals surface area contributed by atoms with Crippen molar-refractivity contribution in [2.75, 3.05) is 5.32 Å². The summed E-state index contributed by atoms with van der Waals surface area (Å²) in [4.78, 5) is 25.2. The summed E-state index contributed by atoms with van der Waals surface area (Å²) in [7, 11) is -3.90. The molecular weight excluding hydrogens is 436 g/mol. The van der Waals surface area contributed by atoms with E-state index >= 15 is 0 Å². The molecule has 0 aliphatic heterocycles. The molecule has 0 aromatic heterocycles. The van der Waals surface area contributed by atoms with E-state index in [1.165, 1.54) is 24.3 Å². The van der Waals surface area contributed by atoms with Crippen LogP contribution in [-0.2, 0) is 25.8 Å². The second-order valence-electron chi connectivity index (χ2n) is 8.21. The highest BCUT2D eigenvalue weighted by atomic mass is 35.5. The van der Waals surface area contributed by atoms with E-state index in [2.05, 4.69) is 10.6 Å². The number of hydrogen-bond acceptors (Lipinski definition) is 4. The van der Waals surface area contributed by atoms with Crippen LogP contribution in [0.5, 0.6) is 0 Å². The summed E-state index contributed by atoms with van der Waals surface area (Å²) in [5.41, 5.74) is 1.30. The minimum atomic E-state index is -3.90. The molecule has 1 fully saturated rings. The van der Waals surface area contributed by atoms with Crippen LogP contribution >= 0.6 is 11.6 Å².